The van der Waals surface area contributed by atoms with Crippen LogP contribution in [0.5, 0.6) is 0 Å². The van der Waals surface area contributed by atoms with Gasteiger partial charge in [0.05, 0.1) is 25.4 Å². The molecule has 1 aliphatic carbocycles. The number of rotatable bonds is 12. The molecule has 14 heteroatoms. The molecule has 201 valence electrons. The number of aliphatic hydroxyl groups excluding tert-OH is 4. The van der Waals surface area contributed by atoms with Crippen LogP contribution in [0.25, 0.3) is 0 Å². The molecule has 1 amide bonds. The normalized spacial score (nSPS) is 34.7. The summed E-state index contributed by atoms with van der Waals surface area (Å²) in [6.07, 6.45) is -3.69. The molecular formula is C21H39N3O9SY. The number of aliphatic hydroxyl groups is 4. The van der Waals surface area contributed by atoms with E-state index in [9.17, 15) is 25.2 Å². The standard InChI is InChI=1S/C21H39N3O9S.Y/c1-11(26)23-15-18(29)17(28)14(9-25)33-20(15)32-7-5-4-6-22-21(34)24-13-8-12(10-30-2)16(27)19(13)31-3;/h12-20,25,27-29H,4-10H2,1-3H3,(H,23,26)(H2,22,24,34);/t12-,13-,14-,15-,16?,17+,18-,19-,20-;/m1./s1. The summed E-state index contributed by atoms with van der Waals surface area (Å²) in [4.78, 5) is 11.5. The van der Waals surface area contributed by atoms with Crippen molar-refractivity contribution in [3.05, 3.63) is 0 Å². The number of hydrogen-bond acceptors (Lipinski definition) is 10. The van der Waals surface area contributed by atoms with Crippen LogP contribution in [-0.4, -0.2) is 121 Å². The van der Waals surface area contributed by atoms with Gasteiger partial charge in [0, 0.05) is 72.9 Å². The van der Waals surface area contributed by atoms with E-state index in [-0.39, 0.29) is 57.4 Å². The van der Waals surface area contributed by atoms with Crippen LogP contribution in [0.3, 0.4) is 0 Å². The number of thiocarbonyl (C=S) groups is 1. The molecule has 1 saturated carbocycles. The molecule has 1 heterocycles. The quantitative estimate of drug-likeness (QED) is 0.0941. The Bertz CT molecular complexity index is 653. The Hall–Kier alpha value is -0.0561. The molecule has 9 atom stereocenters. The van der Waals surface area contributed by atoms with Crippen molar-refractivity contribution >= 4 is 23.2 Å². The number of amides is 1. The minimum Gasteiger partial charge on any atom is -0.394 e. The van der Waals surface area contributed by atoms with Gasteiger partial charge >= 0.3 is 0 Å². The fraction of sp³-hybridized carbons (Fsp3) is 0.905. The zero-order chi connectivity index (χ0) is 25.3. The van der Waals surface area contributed by atoms with Crippen LogP contribution in [0.15, 0.2) is 0 Å². The molecular weight excluding hydrogens is 559 g/mol. The first kappa shape index (κ1) is 33.0. The van der Waals surface area contributed by atoms with Crippen molar-refractivity contribution in [2.75, 3.05) is 40.6 Å². The number of unbranched alkanes of at least 4 members (excludes halogenated alkanes) is 1. The first-order valence-corrected chi connectivity index (χ1v) is 11.9. The molecule has 0 aromatic heterocycles. The smallest absolute Gasteiger partial charge is 0.217 e. The van der Waals surface area contributed by atoms with Crippen molar-refractivity contribution in [1.29, 1.82) is 0 Å². The average molecular weight is 599 g/mol. The van der Waals surface area contributed by atoms with Crippen molar-refractivity contribution in [1.82, 2.24) is 16.0 Å². The van der Waals surface area contributed by atoms with E-state index >= 15 is 0 Å². The van der Waals surface area contributed by atoms with Gasteiger partial charge < -0.3 is 55.3 Å². The van der Waals surface area contributed by atoms with E-state index in [4.69, 9.17) is 31.2 Å². The maximum Gasteiger partial charge on any atom is 0.217 e. The maximum absolute atomic E-state index is 11.5. The second-order valence-corrected chi connectivity index (χ2v) is 9.07. The Morgan fingerprint density at radius 3 is 2.43 bits per heavy atom. The Balaban J connectivity index is 0.00000612. The van der Waals surface area contributed by atoms with Crippen molar-refractivity contribution in [2.24, 2.45) is 5.92 Å². The third-order valence-electron chi connectivity index (χ3n) is 6.13. The van der Waals surface area contributed by atoms with Gasteiger partial charge in [0.15, 0.2) is 11.4 Å². The van der Waals surface area contributed by atoms with Gasteiger partial charge in [0.1, 0.15) is 30.5 Å². The van der Waals surface area contributed by atoms with E-state index in [1.54, 1.807) is 14.2 Å². The molecule has 1 aliphatic heterocycles. The second kappa shape index (κ2) is 16.7. The van der Waals surface area contributed by atoms with Gasteiger partial charge in [-0.05, 0) is 31.5 Å². The third kappa shape index (κ3) is 9.64. The van der Waals surface area contributed by atoms with E-state index < -0.39 is 49.3 Å². The van der Waals surface area contributed by atoms with E-state index in [1.165, 1.54) is 6.92 Å². The van der Waals surface area contributed by atoms with Crippen molar-refractivity contribution in [3.8, 4) is 0 Å². The predicted octanol–water partition coefficient (Wildman–Crippen LogP) is -2.40. The third-order valence-corrected chi connectivity index (χ3v) is 6.39. The molecule has 0 aromatic carbocycles. The maximum atomic E-state index is 11.5. The van der Waals surface area contributed by atoms with Crippen molar-refractivity contribution < 1.29 is 76.9 Å². The van der Waals surface area contributed by atoms with Gasteiger partial charge in [-0.1, -0.05) is 0 Å². The average Bonchev–Trinajstić information content (AvgIpc) is 3.08. The topological polar surface area (TPSA) is 171 Å². The number of ether oxygens (including phenoxy) is 4. The minimum absolute atomic E-state index is 0. The van der Waals surface area contributed by atoms with Crippen LogP contribution in [0.1, 0.15) is 26.2 Å². The molecule has 35 heavy (non-hydrogen) atoms. The van der Waals surface area contributed by atoms with Crippen molar-refractivity contribution in [2.45, 2.75) is 75.1 Å². The number of carbonyl (C=O) groups is 1. The van der Waals surface area contributed by atoms with E-state index in [0.29, 0.717) is 37.5 Å². The van der Waals surface area contributed by atoms with E-state index in [0.717, 1.165) is 0 Å². The summed E-state index contributed by atoms with van der Waals surface area (Å²) in [5.74, 6) is -0.430. The van der Waals surface area contributed by atoms with E-state index in [2.05, 4.69) is 16.0 Å². The molecule has 2 fully saturated rings. The molecule has 1 saturated heterocycles. The molecule has 0 bridgehead atoms. The molecule has 0 aromatic rings. The summed E-state index contributed by atoms with van der Waals surface area (Å²) in [5, 5.41) is 49.3. The summed E-state index contributed by atoms with van der Waals surface area (Å²) in [6.45, 7) is 2.08. The molecule has 0 spiro atoms. The number of methoxy groups -OCH3 is 2. The molecule has 1 radical (unpaired) electrons. The molecule has 1 unspecified atom stereocenters. The molecule has 2 rings (SSSR count). The van der Waals surface area contributed by atoms with E-state index in [1.807, 2.05) is 0 Å². The fourth-order valence-electron chi connectivity index (χ4n) is 4.39. The number of nitrogens with one attached hydrogen (secondary N) is 3. The van der Waals surface area contributed by atoms with Gasteiger partial charge in [-0.2, -0.15) is 0 Å². The fourth-order valence-corrected chi connectivity index (χ4v) is 4.65. The second-order valence-electron chi connectivity index (χ2n) is 8.66. The number of hydrogen-bond donors (Lipinski definition) is 7. The van der Waals surface area contributed by atoms with Crippen LogP contribution in [0.2, 0.25) is 0 Å². The summed E-state index contributed by atoms with van der Waals surface area (Å²) in [7, 11) is 3.16. The largest absolute Gasteiger partial charge is 0.394 e. The van der Waals surface area contributed by atoms with Crippen LogP contribution < -0.4 is 16.0 Å². The Kier molecular flexibility index (Phi) is 15.7. The molecule has 12 nitrogen and oxygen atoms in total. The number of carbonyl (C=O) groups excluding carboxylic acids is 1. The van der Waals surface area contributed by atoms with Crippen LogP contribution in [-0.2, 0) is 56.5 Å². The van der Waals surface area contributed by atoms with Gasteiger partial charge in [0.25, 0.3) is 0 Å². The Morgan fingerprint density at radius 1 is 1.11 bits per heavy atom. The summed E-state index contributed by atoms with van der Waals surface area (Å²) in [5.41, 5.74) is 0. The van der Waals surface area contributed by atoms with Crippen LogP contribution in [0.4, 0.5) is 0 Å². The summed E-state index contributed by atoms with van der Waals surface area (Å²) >= 11 is 5.36. The Morgan fingerprint density at radius 2 is 1.83 bits per heavy atom. The van der Waals surface area contributed by atoms with Gasteiger partial charge in [-0.15, -0.1) is 0 Å². The summed E-state index contributed by atoms with van der Waals surface area (Å²) in [6, 6.07) is -1.08. The van der Waals surface area contributed by atoms with Crippen LogP contribution in [0, 0.1) is 5.92 Å². The Labute approximate surface area is 236 Å². The predicted molar refractivity (Wildman–Crippen MR) is 125 cm³/mol. The SMILES string of the molecule is COC[C@H]1C[C@@H](NC(=S)NCCCCO[C@@H]2O[C@H](CO)[C@H](O)[C@H](O)[C@H]2NC(C)=O)[C@@H](OC)C1O.[Y]. The van der Waals surface area contributed by atoms with Gasteiger partial charge in [-0.25, -0.2) is 0 Å². The molecule has 7 N–H and O–H groups in total. The monoisotopic (exact) mass is 598 g/mol. The molecule has 2 aliphatic rings. The first-order chi connectivity index (χ1) is 16.2. The van der Waals surface area contributed by atoms with Crippen molar-refractivity contribution in [3.63, 3.8) is 0 Å². The van der Waals surface area contributed by atoms with Crippen LogP contribution >= 0.6 is 12.2 Å². The first-order valence-electron chi connectivity index (χ1n) is 11.5. The van der Waals surface area contributed by atoms with Gasteiger partial charge in [0.2, 0.25) is 5.91 Å². The zero-order valence-electron chi connectivity index (χ0n) is 20.5. The summed E-state index contributed by atoms with van der Waals surface area (Å²) < 4.78 is 21.8. The zero-order valence-corrected chi connectivity index (χ0v) is 24.1. The minimum atomic E-state index is -1.34. The van der Waals surface area contributed by atoms with Gasteiger partial charge in [-0.3, -0.25) is 4.79 Å².